The van der Waals surface area contributed by atoms with Gasteiger partial charge in [-0.1, -0.05) is 47.5 Å². The van der Waals surface area contributed by atoms with E-state index >= 15 is 0 Å². The van der Waals surface area contributed by atoms with Crippen LogP contribution in [0.15, 0.2) is 48.5 Å². The summed E-state index contributed by atoms with van der Waals surface area (Å²) in [6.07, 6.45) is 1.85. The number of hydrogen-bond acceptors (Lipinski definition) is 4. The number of carbonyl (C=O) groups is 1. The maximum Gasteiger partial charge on any atom is 0.249 e. The van der Waals surface area contributed by atoms with Crippen LogP contribution in [0.4, 0.5) is 0 Å². The molecule has 2 fully saturated rings. The maximum absolute atomic E-state index is 13.3. The number of amides is 1. The Morgan fingerprint density at radius 2 is 1.88 bits per heavy atom. The Morgan fingerprint density at radius 1 is 1.16 bits per heavy atom. The summed E-state index contributed by atoms with van der Waals surface area (Å²) >= 11 is 14.1. The van der Waals surface area contributed by atoms with Crippen molar-refractivity contribution in [2.75, 3.05) is 12.4 Å². The molecule has 1 heterocycles. The second-order valence-electron chi connectivity index (χ2n) is 8.92. The molecule has 168 valence electrons. The summed E-state index contributed by atoms with van der Waals surface area (Å²) in [5.41, 5.74) is 1.91. The molecule has 7 heteroatoms. The summed E-state index contributed by atoms with van der Waals surface area (Å²) in [6.45, 7) is 3.87. The van der Waals surface area contributed by atoms with Gasteiger partial charge in [-0.15, -0.1) is 11.8 Å². The number of hydrogen-bond donors (Lipinski definition) is 0. The molecule has 0 unspecified atom stereocenters. The van der Waals surface area contributed by atoms with Gasteiger partial charge in [-0.2, -0.15) is 5.26 Å². The standard InChI is InChI=1S/C25H26Cl2N2O2S/c1-25(2,15-28)32-14-21(16-6-7-16)29-22(30)13-31-24(18-4-3-5-20(27)12-18)23(29)17-8-10-19(26)11-9-17/h3-5,8-12,16,21,23-24H,6-7,13-14H2,1-2H3/t21-,23-,24-/m1/s1. The first-order chi connectivity index (χ1) is 15.3. The van der Waals surface area contributed by atoms with Gasteiger partial charge in [0.15, 0.2) is 0 Å². The summed E-state index contributed by atoms with van der Waals surface area (Å²) in [7, 11) is 0. The zero-order valence-electron chi connectivity index (χ0n) is 18.1. The first kappa shape index (κ1) is 23.4. The molecule has 1 amide bonds. The van der Waals surface area contributed by atoms with E-state index < -0.39 is 4.75 Å². The number of ether oxygens (including phenoxy) is 1. The smallest absolute Gasteiger partial charge is 0.249 e. The molecule has 0 aromatic heterocycles. The van der Waals surface area contributed by atoms with Gasteiger partial charge in [0.05, 0.1) is 16.9 Å². The fraction of sp³-hybridized carbons (Fsp3) is 0.440. The van der Waals surface area contributed by atoms with E-state index in [0.717, 1.165) is 24.0 Å². The van der Waals surface area contributed by atoms with Crippen LogP contribution >= 0.6 is 35.0 Å². The van der Waals surface area contributed by atoms with Crippen LogP contribution < -0.4 is 0 Å². The molecule has 0 radical (unpaired) electrons. The largest absolute Gasteiger partial charge is 0.361 e. The van der Waals surface area contributed by atoms with Crippen molar-refractivity contribution in [3.05, 3.63) is 69.7 Å². The molecule has 1 saturated carbocycles. The summed E-state index contributed by atoms with van der Waals surface area (Å²) in [5, 5.41) is 10.8. The Balaban J connectivity index is 1.75. The van der Waals surface area contributed by atoms with Gasteiger partial charge < -0.3 is 9.64 Å². The highest BCUT2D eigenvalue weighted by Gasteiger charge is 2.47. The topological polar surface area (TPSA) is 53.3 Å². The quantitative estimate of drug-likeness (QED) is 0.449. The number of halogens is 2. The van der Waals surface area contributed by atoms with Crippen LogP contribution in [-0.2, 0) is 9.53 Å². The molecule has 32 heavy (non-hydrogen) atoms. The van der Waals surface area contributed by atoms with Crippen LogP contribution in [0.2, 0.25) is 10.0 Å². The highest BCUT2D eigenvalue weighted by Crippen LogP contribution is 2.47. The first-order valence-electron chi connectivity index (χ1n) is 10.8. The van der Waals surface area contributed by atoms with Gasteiger partial charge >= 0.3 is 0 Å². The number of carbonyl (C=O) groups excluding carboxylic acids is 1. The minimum atomic E-state index is -0.509. The molecule has 0 N–H and O–H groups in total. The molecule has 0 bridgehead atoms. The second kappa shape index (κ2) is 9.65. The van der Waals surface area contributed by atoms with E-state index in [1.807, 2.05) is 67.3 Å². The van der Waals surface area contributed by atoms with Crippen molar-refractivity contribution >= 4 is 40.9 Å². The molecule has 1 aliphatic heterocycles. The lowest BCUT2D eigenvalue weighted by Gasteiger charge is -2.46. The molecule has 2 aromatic rings. The molecule has 2 aliphatic rings. The van der Waals surface area contributed by atoms with Gasteiger partial charge in [-0.3, -0.25) is 4.79 Å². The molecule has 1 aliphatic carbocycles. The highest BCUT2D eigenvalue weighted by molar-refractivity contribution is 8.00. The van der Waals surface area contributed by atoms with Crippen molar-refractivity contribution in [2.24, 2.45) is 5.92 Å². The van der Waals surface area contributed by atoms with Crippen LogP contribution in [-0.4, -0.2) is 34.0 Å². The predicted molar refractivity (Wildman–Crippen MR) is 130 cm³/mol. The minimum absolute atomic E-state index is 0.0181. The Hall–Kier alpha value is -1.71. The van der Waals surface area contributed by atoms with Gasteiger partial charge in [0.1, 0.15) is 12.7 Å². The van der Waals surface area contributed by atoms with Crippen LogP contribution in [0.5, 0.6) is 0 Å². The number of rotatable bonds is 7. The summed E-state index contributed by atoms with van der Waals surface area (Å²) < 4.78 is 5.62. The van der Waals surface area contributed by atoms with E-state index in [2.05, 4.69) is 6.07 Å². The van der Waals surface area contributed by atoms with Gasteiger partial charge in [0.25, 0.3) is 0 Å². The number of nitriles is 1. The van der Waals surface area contributed by atoms with E-state index in [9.17, 15) is 10.1 Å². The minimum Gasteiger partial charge on any atom is -0.361 e. The molecule has 1 saturated heterocycles. The van der Waals surface area contributed by atoms with Gasteiger partial charge in [-0.05, 0) is 68.0 Å². The molecule has 4 nitrogen and oxygen atoms in total. The van der Waals surface area contributed by atoms with Crippen LogP contribution in [0.1, 0.15) is 50.0 Å². The number of nitrogens with zero attached hydrogens (tertiary/aromatic N) is 2. The molecular weight excluding hydrogens is 463 g/mol. The number of benzene rings is 2. The molecule has 4 rings (SSSR count). The highest BCUT2D eigenvalue weighted by atomic mass is 35.5. The van der Waals surface area contributed by atoms with E-state index in [1.165, 1.54) is 0 Å². The van der Waals surface area contributed by atoms with E-state index in [-0.39, 0.29) is 30.7 Å². The Morgan fingerprint density at radius 3 is 2.50 bits per heavy atom. The lowest BCUT2D eigenvalue weighted by Crippen LogP contribution is -2.52. The van der Waals surface area contributed by atoms with Crippen molar-refractivity contribution in [1.82, 2.24) is 4.90 Å². The monoisotopic (exact) mass is 488 g/mol. The Kier molecular flexibility index (Phi) is 7.07. The second-order valence-corrected chi connectivity index (χ2v) is 11.4. The van der Waals surface area contributed by atoms with Crippen LogP contribution in [0.3, 0.4) is 0 Å². The SMILES string of the molecule is CC(C)(C#N)SC[C@H](C1CC1)N1C(=O)CO[C@H](c2cccc(Cl)c2)[C@H]1c1ccc(Cl)cc1. The fourth-order valence-electron chi connectivity index (χ4n) is 4.23. The molecule has 3 atom stereocenters. The maximum atomic E-state index is 13.3. The molecular formula is C25H26Cl2N2O2S. The van der Waals surface area contributed by atoms with Crippen LogP contribution in [0, 0.1) is 17.2 Å². The van der Waals surface area contributed by atoms with Gasteiger partial charge in [0, 0.05) is 21.8 Å². The average Bonchev–Trinajstić information content (AvgIpc) is 3.60. The molecule has 2 aromatic carbocycles. The third kappa shape index (κ3) is 5.26. The van der Waals surface area contributed by atoms with Crippen LogP contribution in [0.25, 0.3) is 0 Å². The van der Waals surface area contributed by atoms with E-state index in [0.29, 0.717) is 21.7 Å². The average molecular weight is 489 g/mol. The number of thioether (sulfide) groups is 1. The zero-order valence-corrected chi connectivity index (χ0v) is 20.5. The summed E-state index contributed by atoms with van der Waals surface area (Å²) in [4.78, 5) is 15.4. The van der Waals surface area contributed by atoms with E-state index in [1.54, 1.807) is 11.8 Å². The zero-order chi connectivity index (χ0) is 22.9. The van der Waals surface area contributed by atoms with Crippen molar-refractivity contribution < 1.29 is 9.53 Å². The molecule has 0 spiro atoms. The van der Waals surface area contributed by atoms with Crippen molar-refractivity contribution in [3.63, 3.8) is 0 Å². The lowest BCUT2D eigenvalue weighted by molar-refractivity contribution is -0.163. The summed E-state index contributed by atoms with van der Waals surface area (Å²) in [5.74, 6) is 1.13. The van der Waals surface area contributed by atoms with Gasteiger partial charge in [0.2, 0.25) is 5.91 Å². The van der Waals surface area contributed by atoms with Gasteiger partial charge in [-0.25, -0.2) is 0 Å². The van der Waals surface area contributed by atoms with Crippen molar-refractivity contribution in [2.45, 2.75) is 49.6 Å². The Labute approximate surface area is 203 Å². The number of morpholine rings is 1. The fourth-order valence-corrected chi connectivity index (χ4v) is 5.64. The third-order valence-corrected chi connectivity index (χ3v) is 7.87. The Bertz CT molecular complexity index is 1020. The summed E-state index contributed by atoms with van der Waals surface area (Å²) in [6, 6.07) is 17.4. The first-order valence-corrected chi connectivity index (χ1v) is 12.5. The van der Waals surface area contributed by atoms with Crippen molar-refractivity contribution in [1.29, 1.82) is 5.26 Å². The normalized spacial score (nSPS) is 22.5. The van der Waals surface area contributed by atoms with Crippen molar-refractivity contribution in [3.8, 4) is 6.07 Å². The lowest BCUT2D eigenvalue weighted by atomic mass is 9.91. The predicted octanol–water partition coefficient (Wildman–Crippen LogP) is 6.45. The van der Waals surface area contributed by atoms with E-state index in [4.69, 9.17) is 27.9 Å². The third-order valence-electron chi connectivity index (χ3n) is 6.06.